The molecule has 0 radical (unpaired) electrons. The second-order valence-corrected chi connectivity index (χ2v) is 9.61. The van der Waals surface area contributed by atoms with Crippen LogP contribution in [0.2, 0.25) is 0 Å². The third-order valence-corrected chi connectivity index (χ3v) is 7.43. The van der Waals surface area contributed by atoms with Gasteiger partial charge in [0.15, 0.2) is 0 Å². The lowest BCUT2D eigenvalue weighted by Crippen LogP contribution is -2.51. The highest BCUT2D eigenvalue weighted by Gasteiger charge is 2.50. The molecule has 2 aliphatic heterocycles. The van der Waals surface area contributed by atoms with Gasteiger partial charge in [-0.15, -0.1) is 0 Å². The minimum absolute atomic E-state index is 0.385. The van der Waals surface area contributed by atoms with E-state index in [1.807, 2.05) is 6.07 Å². The molecule has 0 unspecified atom stereocenters. The standard InChI is InChI=1S/C26H27FN4O/c27-24-10-17(5-7-30-24)21-9-18(13-31-25(21)28)16-3-4-20(19-11-26(12-19)14-32-15-26)22(8-16)23-2-1-6-29-23/h3-5,7-10,13,19,23,29H,1-2,6,11-12,14-15H2,(H2,28,31)/t23-/m0/s1. The van der Waals surface area contributed by atoms with Gasteiger partial charge in [-0.3, -0.25) is 0 Å². The number of halogens is 1. The van der Waals surface area contributed by atoms with Gasteiger partial charge in [0.2, 0.25) is 5.95 Å². The molecule has 3 aromatic rings. The van der Waals surface area contributed by atoms with Crippen molar-refractivity contribution in [2.45, 2.75) is 37.6 Å². The number of nitrogens with one attached hydrogen (secondary N) is 1. The van der Waals surface area contributed by atoms with E-state index in [4.69, 9.17) is 10.5 Å². The SMILES string of the molecule is Nc1ncc(-c2ccc(C3CC4(COC4)C3)c([C@@H]3CCCN3)c2)cc1-c1ccnc(F)c1. The zero-order chi connectivity index (χ0) is 21.7. The smallest absolute Gasteiger partial charge is 0.213 e. The first-order chi connectivity index (χ1) is 15.6. The van der Waals surface area contributed by atoms with Gasteiger partial charge in [0.1, 0.15) is 5.82 Å². The van der Waals surface area contributed by atoms with Crippen molar-refractivity contribution in [2.24, 2.45) is 5.41 Å². The maximum Gasteiger partial charge on any atom is 0.213 e. The van der Waals surface area contributed by atoms with Gasteiger partial charge in [-0.25, -0.2) is 9.97 Å². The van der Waals surface area contributed by atoms with Crippen LogP contribution in [0.1, 0.15) is 48.8 Å². The van der Waals surface area contributed by atoms with Crippen molar-refractivity contribution in [2.75, 3.05) is 25.5 Å². The Labute approximate surface area is 187 Å². The summed E-state index contributed by atoms with van der Waals surface area (Å²) < 4.78 is 19.2. The number of rotatable bonds is 4. The first-order valence-corrected chi connectivity index (χ1v) is 11.4. The highest BCUT2D eigenvalue weighted by Crippen LogP contribution is 2.56. The molecule has 3 N–H and O–H groups in total. The molecule has 1 aromatic carbocycles. The van der Waals surface area contributed by atoms with E-state index in [9.17, 15) is 4.39 Å². The van der Waals surface area contributed by atoms with E-state index in [-0.39, 0.29) is 0 Å². The van der Waals surface area contributed by atoms with Crippen molar-refractivity contribution < 1.29 is 9.13 Å². The molecule has 4 heterocycles. The predicted molar refractivity (Wildman–Crippen MR) is 122 cm³/mol. The maximum atomic E-state index is 13.7. The summed E-state index contributed by atoms with van der Waals surface area (Å²) >= 11 is 0. The number of hydrogen-bond acceptors (Lipinski definition) is 5. The van der Waals surface area contributed by atoms with Crippen LogP contribution in [0.4, 0.5) is 10.2 Å². The highest BCUT2D eigenvalue weighted by atomic mass is 19.1. The summed E-state index contributed by atoms with van der Waals surface area (Å²) in [6, 6.07) is 12.4. The zero-order valence-corrected chi connectivity index (χ0v) is 18.0. The quantitative estimate of drug-likeness (QED) is 0.579. The van der Waals surface area contributed by atoms with Gasteiger partial charge in [-0.2, -0.15) is 4.39 Å². The number of ether oxygens (including phenoxy) is 1. The molecule has 5 nitrogen and oxygen atoms in total. The summed E-state index contributed by atoms with van der Waals surface area (Å²) in [7, 11) is 0. The number of benzene rings is 1. The molecule has 2 aromatic heterocycles. The van der Waals surface area contributed by atoms with Gasteiger partial charge >= 0.3 is 0 Å². The fraction of sp³-hybridized carbons (Fsp3) is 0.385. The van der Waals surface area contributed by atoms with Crippen LogP contribution in [0.25, 0.3) is 22.3 Å². The van der Waals surface area contributed by atoms with Crippen molar-refractivity contribution >= 4 is 5.82 Å². The molecule has 2 saturated heterocycles. The van der Waals surface area contributed by atoms with Crippen LogP contribution in [-0.4, -0.2) is 29.7 Å². The van der Waals surface area contributed by atoms with Crippen molar-refractivity contribution in [1.29, 1.82) is 0 Å². The van der Waals surface area contributed by atoms with Crippen molar-refractivity contribution in [3.63, 3.8) is 0 Å². The number of nitrogens with two attached hydrogens (primary N) is 1. The Kier molecular flexibility index (Phi) is 4.73. The van der Waals surface area contributed by atoms with Gasteiger partial charge in [0.05, 0.1) is 13.2 Å². The van der Waals surface area contributed by atoms with E-state index < -0.39 is 5.95 Å². The Hall–Kier alpha value is -2.83. The molecule has 3 aliphatic rings. The third kappa shape index (κ3) is 3.38. The Balaban J connectivity index is 1.37. The number of hydrogen-bond donors (Lipinski definition) is 2. The zero-order valence-electron chi connectivity index (χ0n) is 18.0. The minimum Gasteiger partial charge on any atom is -0.383 e. The minimum atomic E-state index is -0.526. The lowest BCUT2D eigenvalue weighted by atomic mass is 9.58. The average Bonchev–Trinajstić information content (AvgIpc) is 3.27. The number of pyridine rings is 2. The van der Waals surface area contributed by atoms with E-state index in [0.29, 0.717) is 28.8 Å². The first-order valence-electron chi connectivity index (χ1n) is 11.4. The molecule has 1 spiro atoms. The summed E-state index contributed by atoms with van der Waals surface area (Å²) in [4.78, 5) is 8.07. The molecular weight excluding hydrogens is 403 g/mol. The van der Waals surface area contributed by atoms with Gasteiger partial charge in [-0.1, -0.05) is 12.1 Å². The van der Waals surface area contributed by atoms with Crippen molar-refractivity contribution in [3.8, 4) is 22.3 Å². The van der Waals surface area contributed by atoms with Crippen LogP contribution < -0.4 is 11.1 Å². The van der Waals surface area contributed by atoms with E-state index in [0.717, 1.165) is 36.4 Å². The predicted octanol–water partition coefficient (Wildman–Crippen LogP) is 4.85. The Morgan fingerprint density at radius 2 is 1.88 bits per heavy atom. The molecule has 164 valence electrons. The van der Waals surface area contributed by atoms with E-state index >= 15 is 0 Å². The Morgan fingerprint density at radius 1 is 1.00 bits per heavy atom. The molecule has 32 heavy (non-hydrogen) atoms. The van der Waals surface area contributed by atoms with Crippen LogP contribution in [0, 0.1) is 11.4 Å². The number of aromatic nitrogens is 2. The number of nitrogens with zero attached hydrogens (tertiary/aromatic N) is 2. The van der Waals surface area contributed by atoms with Crippen molar-refractivity contribution in [1.82, 2.24) is 15.3 Å². The lowest BCUT2D eigenvalue weighted by molar-refractivity contribution is -0.164. The highest BCUT2D eigenvalue weighted by molar-refractivity contribution is 5.79. The summed E-state index contributed by atoms with van der Waals surface area (Å²) in [5, 5.41) is 3.69. The number of nitrogen functional groups attached to an aromatic ring is 1. The summed E-state index contributed by atoms with van der Waals surface area (Å²) in [6.45, 7) is 2.92. The monoisotopic (exact) mass is 430 g/mol. The Bertz CT molecular complexity index is 1160. The second kappa shape index (κ2) is 7.64. The normalized spacial score (nSPS) is 22.0. The number of anilines is 1. The molecule has 0 bridgehead atoms. The third-order valence-electron chi connectivity index (χ3n) is 7.43. The van der Waals surface area contributed by atoms with Crippen LogP contribution >= 0.6 is 0 Å². The first kappa shape index (κ1) is 19.8. The molecule has 6 heteroatoms. The van der Waals surface area contributed by atoms with Gasteiger partial charge in [-0.05, 0) is 78.6 Å². The van der Waals surface area contributed by atoms with Gasteiger partial charge < -0.3 is 15.8 Å². The van der Waals surface area contributed by atoms with Gasteiger partial charge in [0, 0.05) is 41.0 Å². The van der Waals surface area contributed by atoms with E-state index in [2.05, 4.69) is 33.5 Å². The average molecular weight is 431 g/mol. The van der Waals surface area contributed by atoms with Gasteiger partial charge in [0.25, 0.3) is 0 Å². The Morgan fingerprint density at radius 3 is 2.59 bits per heavy atom. The molecule has 1 atom stereocenters. The van der Waals surface area contributed by atoms with Crippen LogP contribution in [0.15, 0.2) is 48.8 Å². The summed E-state index contributed by atoms with van der Waals surface area (Å²) in [5.41, 5.74) is 13.0. The van der Waals surface area contributed by atoms with Crippen LogP contribution in [-0.2, 0) is 4.74 Å². The van der Waals surface area contributed by atoms with Crippen molar-refractivity contribution in [3.05, 3.63) is 65.9 Å². The molecule has 1 saturated carbocycles. The topological polar surface area (TPSA) is 73.1 Å². The van der Waals surface area contributed by atoms with Crippen LogP contribution in [0.5, 0.6) is 0 Å². The fourth-order valence-corrected chi connectivity index (χ4v) is 5.64. The second-order valence-electron chi connectivity index (χ2n) is 9.61. The van der Waals surface area contributed by atoms with Crippen LogP contribution in [0.3, 0.4) is 0 Å². The van der Waals surface area contributed by atoms with E-state index in [1.165, 1.54) is 49.1 Å². The lowest BCUT2D eigenvalue weighted by Gasteiger charge is -2.54. The summed E-state index contributed by atoms with van der Waals surface area (Å²) in [6.07, 6.45) is 8.09. The summed E-state index contributed by atoms with van der Waals surface area (Å²) in [5.74, 6) is 0.475. The molecule has 6 rings (SSSR count). The molecule has 0 amide bonds. The maximum absolute atomic E-state index is 13.7. The molecule has 3 fully saturated rings. The largest absolute Gasteiger partial charge is 0.383 e. The molecule has 1 aliphatic carbocycles. The molecular formula is C26H27FN4O. The van der Waals surface area contributed by atoms with E-state index in [1.54, 1.807) is 12.3 Å². The fourth-order valence-electron chi connectivity index (χ4n) is 5.64.